The van der Waals surface area contributed by atoms with Gasteiger partial charge in [-0.2, -0.15) is 4.37 Å². The summed E-state index contributed by atoms with van der Waals surface area (Å²) >= 11 is 1.60. The molecule has 3 aromatic rings. The molecule has 2 aliphatic heterocycles. The van der Waals surface area contributed by atoms with Crippen molar-refractivity contribution in [2.24, 2.45) is 11.8 Å². The number of hydrogen-bond donors (Lipinski definition) is 1. The van der Waals surface area contributed by atoms with Crippen LogP contribution in [0, 0.1) is 11.8 Å². The second-order valence-electron chi connectivity index (χ2n) is 9.87. The van der Waals surface area contributed by atoms with Crippen LogP contribution in [0.4, 0.5) is 5.82 Å². The smallest absolute Gasteiger partial charge is 0.251 e. The Labute approximate surface area is 210 Å². The maximum Gasteiger partial charge on any atom is 0.251 e. The normalized spacial score (nSPS) is 22.5. The van der Waals surface area contributed by atoms with Gasteiger partial charge in [-0.25, -0.2) is 0 Å². The number of carbonyl (C=O) groups is 1. The van der Waals surface area contributed by atoms with E-state index in [2.05, 4.69) is 39.4 Å². The van der Waals surface area contributed by atoms with Crippen molar-refractivity contribution in [1.82, 2.24) is 14.6 Å². The zero-order valence-electron chi connectivity index (χ0n) is 19.9. The number of aromatic nitrogens is 1. The predicted octanol–water partition coefficient (Wildman–Crippen LogP) is 4.38. The minimum atomic E-state index is -0.0308. The molecule has 0 unspecified atom stereocenters. The SMILES string of the molecule is O=C(NC[C@H]1CCCC[C@@H]1CN1CCN(c2nsc3ccccc23)CC1)c1ccc2c(c1)OCO2. The summed E-state index contributed by atoms with van der Waals surface area (Å²) < 4.78 is 16.8. The maximum atomic E-state index is 12.8. The van der Waals surface area contributed by atoms with E-state index in [1.807, 2.05) is 12.1 Å². The van der Waals surface area contributed by atoms with Crippen LogP contribution < -0.4 is 19.7 Å². The van der Waals surface area contributed by atoms with Gasteiger partial charge in [-0.05, 0) is 66.5 Å². The number of nitrogens with zero attached hydrogens (tertiary/aromatic N) is 3. The summed E-state index contributed by atoms with van der Waals surface area (Å²) in [4.78, 5) is 17.9. The van der Waals surface area contributed by atoms with Crippen LogP contribution in [0.5, 0.6) is 11.5 Å². The minimum absolute atomic E-state index is 0.0308. The Morgan fingerprint density at radius 2 is 1.80 bits per heavy atom. The van der Waals surface area contributed by atoms with Crippen molar-refractivity contribution in [3.05, 3.63) is 48.0 Å². The molecule has 3 aliphatic rings. The molecule has 1 saturated heterocycles. The van der Waals surface area contributed by atoms with Gasteiger partial charge in [-0.3, -0.25) is 9.69 Å². The highest BCUT2D eigenvalue weighted by atomic mass is 32.1. The molecule has 1 aromatic heterocycles. The fourth-order valence-electron chi connectivity index (χ4n) is 5.73. The molecule has 7 nitrogen and oxygen atoms in total. The number of amides is 1. The predicted molar refractivity (Wildman–Crippen MR) is 139 cm³/mol. The number of piperazine rings is 1. The standard InChI is InChI=1S/C27H32N4O3S/c32-27(19-9-10-23-24(15-19)34-18-33-23)28-16-20-5-1-2-6-21(20)17-30-11-13-31(14-12-30)26-22-7-3-4-8-25(22)35-29-26/h3-4,7-10,15,20-21H,1-2,5-6,11-14,16-18H2,(H,28,32)/t20-,21-/m1/s1. The monoisotopic (exact) mass is 492 g/mol. The maximum absolute atomic E-state index is 12.8. The Morgan fingerprint density at radius 1 is 1.00 bits per heavy atom. The summed E-state index contributed by atoms with van der Waals surface area (Å²) in [5, 5.41) is 4.48. The highest BCUT2D eigenvalue weighted by molar-refractivity contribution is 7.13. The number of nitrogens with one attached hydrogen (secondary N) is 1. The average molecular weight is 493 g/mol. The Hall–Kier alpha value is -2.84. The first-order valence-corrected chi connectivity index (χ1v) is 13.5. The quantitative estimate of drug-likeness (QED) is 0.551. The van der Waals surface area contributed by atoms with Crippen molar-refractivity contribution in [3.63, 3.8) is 0 Å². The Morgan fingerprint density at radius 3 is 2.69 bits per heavy atom. The molecule has 1 amide bonds. The average Bonchev–Trinajstić information content (AvgIpc) is 3.55. The number of ether oxygens (including phenoxy) is 2. The topological polar surface area (TPSA) is 66.9 Å². The van der Waals surface area contributed by atoms with E-state index in [0.29, 0.717) is 28.9 Å². The lowest BCUT2D eigenvalue weighted by molar-refractivity contribution is 0.0919. The van der Waals surface area contributed by atoms with E-state index < -0.39 is 0 Å². The summed E-state index contributed by atoms with van der Waals surface area (Å²) in [6.07, 6.45) is 4.99. The first-order valence-electron chi connectivity index (χ1n) is 12.7. The Kier molecular flexibility index (Phi) is 6.48. The molecule has 0 bridgehead atoms. The van der Waals surface area contributed by atoms with Crippen LogP contribution in [0.1, 0.15) is 36.0 Å². The largest absolute Gasteiger partial charge is 0.454 e. The van der Waals surface area contributed by atoms with Gasteiger partial charge in [0.05, 0.1) is 4.70 Å². The van der Waals surface area contributed by atoms with E-state index in [-0.39, 0.29) is 12.7 Å². The van der Waals surface area contributed by atoms with Gasteiger partial charge in [0.15, 0.2) is 11.5 Å². The number of carbonyl (C=O) groups excluding carboxylic acids is 1. The zero-order chi connectivity index (χ0) is 23.6. The van der Waals surface area contributed by atoms with Crippen LogP contribution in [-0.2, 0) is 0 Å². The molecule has 2 atom stereocenters. The molecule has 184 valence electrons. The number of anilines is 1. The summed E-state index contributed by atoms with van der Waals surface area (Å²) in [5.74, 6) is 3.63. The number of benzene rings is 2. The van der Waals surface area contributed by atoms with E-state index >= 15 is 0 Å². The second-order valence-corrected chi connectivity index (χ2v) is 10.7. The van der Waals surface area contributed by atoms with Crippen LogP contribution in [0.25, 0.3) is 10.1 Å². The highest BCUT2D eigenvalue weighted by Crippen LogP contribution is 2.34. The molecule has 2 aromatic carbocycles. The third kappa shape index (κ3) is 4.82. The van der Waals surface area contributed by atoms with Gasteiger partial charge in [0.1, 0.15) is 5.82 Å². The number of hydrogen-bond acceptors (Lipinski definition) is 7. The Balaban J connectivity index is 1.02. The van der Waals surface area contributed by atoms with Gasteiger partial charge in [-0.1, -0.05) is 25.0 Å². The van der Waals surface area contributed by atoms with Crippen LogP contribution in [0.3, 0.4) is 0 Å². The van der Waals surface area contributed by atoms with Gasteiger partial charge in [0.2, 0.25) is 6.79 Å². The van der Waals surface area contributed by atoms with Crippen molar-refractivity contribution < 1.29 is 14.3 Å². The summed E-state index contributed by atoms with van der Waals surface area (Å²) in [6, 6.07) is 13.9. The van der Waals surface area contributed by atoms with Crippen molar-refractivity contribution in [2.45, 2.75) is 25.7 Å². The van der Waals surface area contributed by atoms with E-state index in [1.165, 1.54) is 35.8 Å². The van der Waals surface area contributed by atoms with Crippen molar-refractivity contribution >= 4 is 33.3 Å². The first kappa shape index (κ1) is 22.6. The van der Waals surface area contributed by atoms with Crippen LogP contribution in [0.15, 0.2) is 42.5 Å². The summed E-state index contributed by atoms with van der Waals surface area (Å²) in [5.41, 5.74) is 0.632. The fraction of sp³-hybridized carbons (Fsp3) is 0.481. The van der Waals surface area contributed by atoms with Gasteiger partial charge in [-0.15, -0.1) is 0 Å². The molecule has 0 radical (unpaired) electrons. The van der Waals surface area contributed by atoms with E-state index in [4.69, 9.17) is 13.8 Å². The van der Waals surface area contributed by atoms with Crippen molar-refractivity contribution in [2.75, 3.05) is 51.0 Å². The number of rotatable bonds is 6. The van der Waals surface area contributed by atoms with E-state index in [0.717, 1.165) is 45.1 Å². The second kappa shape index (κ2) is 10.0. The third-order valence-corrected chi connectivity index (χ3v) is 8.57. The molecule has 6 rings (SSSR count). The van der Waals surface area contributed by atoms with E-state index in [1.54, 1.807) is 17.6 Å². The first-order chi connectivity index (χ1) is 17.2. The molecule has 2 fully saturated rings. The molecule has 1 aliphatic carbocycles. The lowest BCUT2D eigenvalue weighted by Crippen LogP contribution is -2.49. The fourth-order valence-corrected chi connectivity index (χ4v) is 6.53. The Bertz CT molecular complexity index is 1190. The van der Waals surface area contributed by atoms with Crippen molar-refractivity contribution in [1.29, 1.82) is 0 Å². The van der Waals surface area contributed by atoms with Crippen molar-refractivity contribution in [3.8, 4) is 11.5 Å². The molecule has 1 saturated carbocycles. The van der Waals surface area contributed by atoms with Crippen LogP contribution in [0.2, 0.25) is 0 Å². The lowest BCUT2D eigenvalue weighted by Gasteiger charge is -2.40. The number of fused-ring (bicyclic) bond motifs is 2. The molecule has 0 spiro atoms. The molecule has 3 heterocycles. The van der Waals surface area contributed by atoms with E-state index in [9.17, 15) is 4.79 Å². The summed E-state index contributed by atoms with van der Waals surface area (Å²) in [6.45, 7) is 6.26. The summed E-state index contributed by atoms with van der Waals surface area (Å²) in [7, 11) is 0. The van der Waals surface area contributed by atoms with Gasteiger partial charge < -0.3 is 19.7 Å². The van der Waals surface area contributed by atoms with Crippen LogP contribution in [-0.4, -0.2) is 61.2 Å². The molecular weight excluding hydrogens is 460 g/mol. The van der Waals surface area contributed by atoms with Gasteiger partial charge >= 0.3 is 0 Å². The minimum Gasteiger partial charge on any atom is -0.454 e. The molecule has 8 heteroatoms. The lowest BCUT2D eigenvalue weighted by atomic mass is 9.78. The molecule has 35 heavy (non-hydrogen) atoms. The third-order valence-electron chi connectivity index (χ3n) is 7.75. The molecular formula is C27H32N4O3S. The van der Waals surface area contributed by atoms with Gasteiger partial charge in [0.25, 0.3) is 5.91 Å². The van der Waals surface area contributed by atoms with Gasteiger partial charge in [0, 0.05) is 50.2 Å². The van der Waals surface area contributed by atoms with Crippen LogP contribution >= 0.6 is 11.5 Å². The zero-order valence-corrected chi connectivity index (χ0v) is 20.8. The highest BCUT2D eigenvalue weighted by Gasteiger charge is 2.29. The molecule has 1 N–H and O–H groups in total.